The fourth-order valence-corrected chi connectivity index (χ4v) is 4.67. The number of likely N-dealkylation sites (tertiary alicyclic amines) is 1. The number of piperidine rings is 1. The average molecular weight is 465 g/mol. The van der Waals surface area contributed by atoms with Crippen molar-refractivity contribution in [1.82, 2.24) is 30.0 Å². The molecule has 9 nitrogen and oxygen atoms in total. The van der Waals surface area contributed by atoms with Gasteiger partial charge in [-0.15, -0.1) is 0 Å². The van der Waals surface area contributed by atoms with Crippen molar-refractivity contribution in [3.8, 4) is 0 Å². The van der Waals surface area contributed by atoms with Crippen molar-refractivity contribution in [1.29, 1.82) is 0 Å². The molecule has 2 N–H and O–H groups in total. The molecule has 0 saturated carbocycles. The second kappa shape index (κ2) is 9.40. The average Bonchev–Trinajstić information content (AvgIpc) is 3.22. The number of nitrogens with one attached hydrogen (secondary N) is 2. The second-order valence-corrected chi connectivity index (χ2v) is 9.42. The van der Waals surface area contributed by atoms with E-state index in [1.54, 1.807) is 13.1 Å². The van der Waals surface area contributed by atoms with Crippen LogP contribution in [0.2, 0.25) is 0 Å². The topological polar surface area (TPSA) is 113 Å². The van der Waals surface area contributed by atoms with Gasteiger partial charge in [0.1, 0.15) is 0 Å². The number of H-pyrrole nitrogens is 1. The highest BCUT2D eigenvalue weighted by Gasteiger charge is 2.26. The van der Waals surface area contributed by atoms with Crippen molar-refractivity contribution >= 4 is 22.8 Å². The van der Waals surface area contributed by atoms with Crippen LogP contribution in [0, 0.1) is 13.8 Å². The lowest BCUT2D eigenvalue weighted by molar-refractivity contribution is -0.129. The molecule has 1 fully saturated rings. The number of hydrogen-bond donors (Lipinski definition) is 2. The molecule has 3 aromatic rings. The van der Waals surface area contributed by atoms with Crippen LogP contribution in [-0.2, 0) is 11.3 Å². The molecule has 1 aliphatic rings. The fraction of sp³-hybridized carbons (Fsp3) is 0.480. The van der Waals surface area contributed by atoms with E-state index in [0.29, 0.717) is 35.2 Å². The molecular formula is C25H32N6O3. The van der Waals surface area contributed by atoms with Crippen molar-refractivity contribution in [2.75, 3.05) is 13.1 Å². The number of nitrogens with zero attached hydrogens (tertiary/aromatic N) is 4. The van der Waals surface area contributed by atoms with E-state index in [0.717, 1.165) is 29.8 Å². The van der Waals surface area contributed by atoms with E-state index < -0.39 is 0 Å². The summed E-state index contributed by atoms with van der Waals surface area (Å²) < 4.78 is 1.83. The van der Waals surface area contributed by atoms with Gasteiger partial charge in [0, 0.05) is 55.5 Å². The molecule has 0 unspecified atom stereocenters. The van der Waals surface area contributed by atoms with Crippen LogP contribution < -0.4 is 10.9 Å². The van der Waals surface area contributed by atoms with E-state index in [9.17, 15) is 14.4 Å². The Hall–Kier alpha value is -3.49. The van der Waals surface area contributed by atoms with Crippen molar-refractivity contribution in [3.05, 3.63) is 56.8 Å². The van der Waals surface area contributed by atoms with Crippen LogP contribution in [-0.4, -0.2) is 49.6 Å². The third-order valence-electron chi connectivity index (χ3n) is 6.60. The number of carbonyl (C=O) groups is 2. The first-order chi connectivity index (χ1) is 16.2. The minimum atomic E-state index is -0.266. The summed E-state index contributed by atoms with van der Waals surface area (Å²) >= 11 is 0. The van der Waals surface area contributed by atoms with E-state index in [1.165, 1.54) is 0 Å². The number of pyridine rings is 2. The van der Waals surface area contributed by atoms with Crippen LogP contribution >= 0.6 is 0 Å². The maximum Gasteiger partial charge on any atom is 0.253 e. The molecule has 2 amide bonds. The van der Waals surface area contributed by atoms with E-state index in [2.05, 4.69) is 15.4 Å². The lowest BCUT2D eigenvalue weighted by atomic mass is 9.91. The highest BCUT2D eigenvalue weighted by atomic mass is 16.2. The summed E-state index contributed by atoms with van der Waals surface area (Å²) in [5.41, 5.74) is 4.00. The molecule has 1 aliphatic heterocycles. The first-order valence-corrected chi connectivity index (χ1v) is 11.8. The van der Waals surface area contributed by atoms with Crippen LogP contribution in [0.5, 0.6) is 0 Å². The summed E-state index contributed by atoms with van der Waals surface area (Å²) in [5.74, 6) is -0.0250. The van der Waals surface area contributed by atoms with Crippen LogP contribution in [0.4, 0.5) is 0 Å². The molecule has 3 aromatic heterocycles. The Balaban J connectivity index is 1.66. The first kappa shape index (κ1) is 23.7. The van der Waals surface area contributed by atoms with Crippen molar-refractivity contribution in [2.24, 2.45) is 0 Å². The first-order valence-electron chi connectivity index (χ1n) is 11.8. The van der Waals surface area contributed by atoms with Crippen molar-refractivity contribution < 1.29 is 9.59 Å². The molecule has 9 heteroatoms. The maximum absolute atomic E-state index is 13.3. The van der Waals surface area contributed by atoms with E-state index >= 15 is 0 Å². The Bertz CT molecular complexity index is 1300. The van der Waals surface area contributed by atoms with E-state index in [4.69, 9.17) is 4.98 Å². The molecule has 0 spiro atoms. The molecule has 0 aliphatic carbocycles. The normalized spacial score (nSPS) is 14.7. The summed E-state index contributed by atoms with van der Waals surface area (Å²) in [7, 11) is 0. The SMILES string of the molecule is CC(=O)N1CCC(c2cc(C(=O)NCc3c(C)cc(C)[nH]c3=O)c3cnn(C(C)C)c3n2)CC1. The number of fused-ring (bicyclic) bond motifs is 1. The summed E-state index contributed by atoms with van der Waals surface area (Å²) in [6, 6.07) is 3.83. The summed E-state index contributed by atoms with van der Waals surface area (Å²) in [6.45, 7) is 10.8. The van der Waals surface area contributed by atoms with Crippen LogP contribution in [0.15, 0.2) is 23.1 Å². The highest BCUT2D eigenvalue weighted by molar-refractivity contribution is 6.05. The van der Waals surface area contributed by atoms with Gasteiger partial charge in [-0.1, -0.05) is 0 Å². The number of hydrogen-bond acceptors (Lipinski definition) is 5. The summed E-state index contributed by atoms with van der Waals surface area (Å²) in [6.07, 6.45) is 3.28. The van der Waals surface area contributed by atoms with Gasteiger partial charge in [-0.3, -0.25) is 14.4 Å². The monoisotopic (exact) mass is 464 g/mol. The fourth-order valence-electron chi connectivity index (χ4n) is 4.67. The van der Waals surface area contributed by atoms with Gasteiger partial charge >= 0.3 is 0 Å². The quantitative estimate of drug-likeness (QED) is 0.603. The highest BCUT2D eigenvalue weighted by Crippen LogP contribution is 2.30. The van der Waals surface area contributed by atoms with Gasteiger partial charge in [0.15, 0.2) is 5.65 Å². The number of aromatic amines is 1. The Morgan fingerprint density at radius 1 is 1.21 bits per heavy atom. The van der Waals surface area contributed by atoms with Gasteiger partial charge in [0.25, 0.3) is 11.5 Å². The second-order valence-electron chi connectivity index (χ2n) is 9.42. The minimum absolute atomic E-state index is 0.0844. The zero-order valence-electron chi connectivity index (χ0n) is 20.4. The molecule has 180 valence electrons. The number of aryl methyl sites for hydroxylation is 2. The van der Waals surface area contributed by atoms with Crippen molar-refractivity contribution in [3.63, 3.8) is 0 Å². The predicted octanol–water partition coefficient (Wildman–Crippen LogP) is 2.97. The number of aromatic nitrogens is 4. The van der Waals surface area contributed by atoms with Crippen molar-refractivity contribution in [2.45, 2.75) is 66.0 Å². The zero-order chi connectivity index (χ0) is 24.6. The third kappa shape index (κ3) is 4.60. The third-order valence-corrected chi connectivity index (χ3v) is 6.60. The Morgan fingerprint density at radius 2 is 1.91 bits per heavy atom. The van der Waals surface area contributed by atoms with Gasteiger partial charge in [-0.25, -0.2) is 9.67 Å². The maximum atomic E-state index is 13.3. The largest absolute Gasteiger partial charge is 0.348 e. The summed E-state index contributed by atoms with van der Waals surface area (Å²) in [5, 5.41) is 8.09. The van der Waals surface area contributed by atoms with Gasteiger partial charge in [0.05, 0.1) is 17.1 Å². The number of rotatable bonds is 5. The molecule has 0 atom stereocenters. The van der Waals surface area contributed by atoms with E-state index in [-0.39, 0.29) is 35.9 Å². The summed E-state index contributed by atoms with van der Waals surface area (Å²) in [4.78, 5) is 47.0. The molecule has 0 aromatic carbocycles. The predicted molar refractivity (Wildman–Crippen MR) is 130 cm³/mol. The lowest BCUT2D eigenvalue weighted by Gasteiger charge is -2.31. The standard InChI is InChI=1S/C25H32N6O3/c1-14(2)31-23-21(13-27-31)19(11-22(29-23)18-6-8-30(9-7-18)17(5)32)24(33)26-12-20-15(3)10-16(4)28-25(20)34/h10-11,13-14,18H,6-9,12H2,1-5H3,(H,26,33)(H,28,34). The minimum Gasteiger partial charge on any atom is -0.348 e. The Kier molecular flexibility index (Phi) is 6.54. The number of amides is 2. The van der Waals surface area contributed by atoms with Gasteiger partial charge in [0.2, 0.25) is 5.91 Å². The molecule has 0 radical (unpaired) electrons. The van der Waals surface area contributed by atoms with Gasteiger partial charge < -0.3 is 15.2 Å². The van der Waals surface area contributed by atoms with E-state index in [1.807, 2.05) is 49.4 Å². The van der Waals surface area contributed by atoms with Crippen LogP contribution in [0.3, 0.4) is 0 Å². The molecule has 0 bridgehead atoms. The molecular weight excluding hydrogens is 432 g/mol. The molecule has 4 rings (SSSR count). The van der Waals surface area contributed by atoms with Crippen LogP contribution in [0.1, 0.15) is 78.4 Å². The Labute approximate surface area is 198 Å². The van der Waals surface area contributed by atoms with Gasteiger partial charge in [-0.2, -0.15) is 5.10 Å². The Morgan fingerprint density at radius 3 is 2.53 bits per heavy atom. The molecule has 34 heavy (non-hydrogen) atoms. The van der Waals surface area contributed by atoms with Gasteiger partial charge in [-0.05, 0) is 58.2 Å². The lowest BCUT2D eigenvalue weighted by Crippen LogP contribution is -2.36. The zero-order valence-corrected chi connectivity index (χ0v) is 20.4. The number of carbonyl (C=O) groups excluding carboxylic acids is 2. The van der Waals surface area contributed by atoms with Crippen LogP contribution in [0.25, 0.3) is 11.0 Å². The smallest absolute Gasteiger partial charge is 0.253 e. The molecule has 4 heterocycles. The molecule has 1 saturated heterocycles.